The molecule has 1 aliphatic rings. The van der Waals surface area contributed by atoms with E-state index in [1.165, 1.54) is 11.1 Å². The molecule has 1 amide bonds. The summed E-state index contributed by atoms with van der Waals surface area (Å²) in [7, 11) is 0. The van der Waals surface area contributed by atoms with Gasteiger partial charge < -0.3 is 9.42 Å². The van der Waals surface area contributed by atoms with Gasteiger partial charge in [-0.1, -0.05) is 42.4 Å². The Kier molecular flexibility index (Phi) is 5.51. The van der Waals surface area contributed by atoms with Crippen LogP contribution in [0.4, 0.5) is 0 Å². The largest absolute Gasteiger partial charge is 0.361 e. The topological polar surface area (TPSA) is 59.2 Å². The Bertz CT molecular complexity index is 936. The molecule has 2 aromatic heterocycles. The predicted molar refractivity (Wildman–Crippen MR) is 107 cm³/mol. The summed E-state index contributed by atoms with van der Waals surface area (Å²) in [5.41, 5.74) is 3.96. The van der Waals surface area contributed by atoms with Gasteiger partial charge in [-0.2, -0.15) is 0 Å². The summed E-state index contributed by atoms with van der Waals surface area (Å²) in [6.45, 7) is 2.58. The zero-order valence-corrected chi connectivity index (χ0v) is 16.2. The molecule has 3 aromatic rings. The first kappa shape index (κ1) is 18.4. The van der Waals surface area contributed by atoms with Gasteiger partial charge in [-0.05, 0) is 48.4 Å². The Hall–Kier alpha value is -2.95. The molecule has 0 aliphatic heterocycles. The van der Waals surface area contributed by atoms with Crippen molar-refractivity contribution in [2.75, 3.05) is 0 Å². The number of fused-ring (bicyclic) bond motifs is 1. The van der Waals surface area contributed by atoms with E-state index in [1.54, 1.807) is 12.3 Å². The maximum atomic E-state index is 13.5. The Balaban J connectivity index is 1.69. The molecular formula is C23H25N3O2. The van der Waals surface area contributed by atoms with Gasteiger partial charge in [0.05, 0.1) is 6.04 Å². The van der Waals surface area contributed by atoms with E-state index in [2.05, 4.69) is 41.3 Å². The highest BCUT2D eigenvalue weighted by molar-refractivity contribution is 5.92. The smallest absolute Gasteiger partial charge is 0.276 e. The normalized spacial score (nSPS) is 15.8. The average molecular weight is 375 g/mol. The second-order valence-electron chi connectivity index (χ2n) is 7.33. The monoisotopic (exact) mass is 375 g/mol. The Morgan fingerprint density at radius 1 is 1.25 bits per heavy atom. The first-order valence-electron chi connectivity index (χ1n) is 9.99. The van der Waals surface area contributed by atoms with Crippen molar-refractivity contribution in [3.8, 4) is 0 Å². The summed E-state index contributed by atoms with van der Waals surface area (Å²) in [4.78, 5) is 19.6. The number of aromatic nitrogens is 2. The molecule has 144 valence electrons. The van der Waals surface area contributed by atoms with Crippen molar-refractivity contribution in [1.82, 2.24) is 15.0 Å². The number of hydrogen-bond donors (Lipinski definition) is 0. The number of carbonyl (C=O) groups is 1. The van der Waals surface area contributed by atoms with Crippen LogP contribution in [0.2, 0.25) is 0 Å². The SMILES string of the molecule is CCCc1cc(C(=O)N(Cc2cccnc2)[C@@H]2CCCc3ccccc32)no1. The number of hydrogen-bond acceptors (Lipinski definition) is 4. The highest BCUT2D eigenvalue weighted by atomic mass is 16.5. The average Bonchev–Trinajstić information content (AvgIpc) is 3.21. The highest BCUT2D eigenvalue weighted by Crippen LogP contribution is 2.36. The fourth-order valence-electron chi connectivity index (χ4n) is 3.99. The van der Waals surface area contributed by atoms with E-state index in [9.17, 15) is 4.79 Å². The maximum Gasteiger partial charge on any atom is 0.276 e. The number of benzene rings is 1. The molecule has 0 saturated carbocycles. The summed E-state index contributed by atoms with van der Waals surface area (Å²) in [6, 6.07) is 14.2. The van der Waals surface area contributed by atoms with E-state index in [-0.39, 0.29) is 11.9 Å². The van der Waals surface area contributed by atoms with Crippen LogP contribution in [0.15, 0.2) is 59.4 Å². The van der Waals surface area contributed by atoms with Crippen molar-refractivity contribution < 1.29 is 9.32 Å². The lowest BCUT2D eigenvalue weighted by Gasteiger charge is -2.35. The van der Waals surface area contributed by atoms with E-state index in [1.807, 2.05) is 23.2 Å². The first-order chi connectivity index (χ1) is 13.8. The molecule has 0 N–H and O–H groups in total. The quantitative estimate of drug-likeness (QED) is 0.624. The molecule has 0 spiro atoms. The molecule has 0 fully saturated rings. The molecule has 0 bridgehead atoms. The molecule has 5 nitrogen and oxygen atoms in total. The minimum Gasteiger partial charge on any atom is -0.361 e. The van der Waals surface area contributed by atoms with E-state index in [0.717, 1.165) is 43.4 Å². The number of rotatable bonds is 6. The van der Waals surface area contributed by atoms with Crippen molar-refractivity contribution in [2.24, 2.45) is 0 Å². The van der Waals surface area contributed by atoms with Crippen molar-refractivity contribution in [3.63, 3.8) is 0 Å². The van der Waals surface area contributed by atoms with Crippen LogP contribution in [0, 0.1) is 0 Å². The lowest BCUT2D eigenvalue weighted by atomic mass is 9.86. The van der Waals surface area contributed by atoms with Crippen LogP contribution in [0.1, 0.15) is 65.2 Å². The van der Waals surface area contributed by atoms with Gasteiger partial charge in [-0.25, -0.2) is 0 Å². The van der Waals surface area contributed by atoms with Crippen LogP contribution in [0.5, 0.6) is 0 Å². The van der Waals surface area contributed by atoms with Gasteiger partial charge in [0.15, 0.2) is 5.69 Å². The van der Waals surface area contributed by atoms with E-state index in [4.69, 9.17) is 4.52 Å². The zero-order valence-electron chi connectivity index (χ0n) is 16.2. The molecule has 2 heterocycles. The number of carbonyl (C=O) groups excluding carboxylic acids is 1. The third kappa shape index (κ3) is 3.84. The third-order valence-corrected chi connectivity index (χ3v) is 5.33. The Morgan fingerprint density at radius 3 is 2.96 bits per heavy atom. The fraction of sp³-hybridized carbons (Fsp3) is 0.348. The zero-order chi connectivity index (χ0) is 19.3. The molecule has 1 aliphatic carbocycles. The summed E-state index contributed by atoms with van der Waals surface area (Å²) in [6.07, 6.45) is 8.39. The van der Waals surface area contributed by atoms with Gasteiger partial charge in [0.1, 0.15) is 5.76 Å². The molecule has 1 aromatic carbocycles. The molecule has 0 saturated heterocycles. The number of nitrogens with zero attached hydrogens (tertiary/aromatic N) is 3. The number of pyridine rings is 1. The van der Waals surface area contributed by atoms with E-state index >= 15 is 0 Å². The van der Waals surface area contributed by atoms with Gasteiger partial charge >= 0.3 is 0 Å². The van der Waals surface area contributed by atoms with Crippen LogP contribution in [0.3, 0.4) is 0 Å². The van der Waals surface area contributed by atoms with Gasteiger partial charge in [0, 0.05) is 31.4 Å². The molecular weight excluding hydrogens is 350 g/mol. The second-order valence-corrected chi connectivity index (χ2v) is 7.33. The minimum absolute atomic E-state index is 0.0315. The summed E-state index contributed by atoms with van der Waals surface area (Å²) in [5, 5.41) is 4.07. The van der Waals surface area contributed by atoms with Gasteiger partial charge in [0.25, 0.3) is 5.91 Å². The van der Waals surface area contributed by atoms with E-state index in [0.29, 0.717) is 12.2 Å². The lowest BCUT2D eigenvalue weighted by molar-refractivity contribution is 0.0627. The molecule has 0 unspecified atom stereocenters. The second kappa shape index (κ2) is 8.38. The van der Waals surface area contributed by atoms with Crippen LogP contribution in [0.25, 0.3) is 0 Å². The standard InChI is InChI=1S/C23H25N3O2/c1-2-7-19-14-21(25-28-19)23(27)26(16-17-8-6-13-24-15-17)22-12-5-10-18-9-3-4-11-20(18)22/h3-4,6,8-9,11,13-15,22H,2,5,7,10,12,16H2,1H3/t22-/m1/s1. The molecule has 0 radical (unpaired) electrons. The summed E-state index contributed by atoms with van der Waals surface area (Å²) >= 11 is 0. The molecule has 28 heavy (non-hydrogen) atoms. The van der Waals surface area contributed by atoms with Crippen LogP contribution in [-0.4, -0.2) is 20.9 Å². The molecule has 4 rings (SSSR count). The maximum absolute atomic E-state index is 13.5. The molecule has 1 atom stereocenters. The van der Waals surface area contributed by atoms with Crippen LogP contribution in [-0.2, 0) is 19.4 Å². The summed E-state index contributed by atoms with van der Waals surface area (Å²) < 4.78 is 5.37. The number of amides is 1. The van der Waals surface area contributed by atoms with Gasteiger partial charge in [-0.15, -0.1) is 0 Å². The van der Waals surface area contributed by atoms with Gasteiger partial charge in [-0.3, -0.25) is 9.78 Å². The Morgan fingerprint density at radius 2 is 2.14 bits per heavy atom. The van der Waals surface area contributed by atoms with Crippen molar-refractivity contribution in [1.29, 1.82) is 0 Å². The minimum atomic E-state index is -0.0864. The van der Waals surface area contributed by atoms with Crippen molar-refractivity contribution in [3.05, 3.63) is 83.0 Å². The van der Waals surface area contributed by atoms with Crippen molar-refractivity contribution in [2.45, 2.75) is 51.6 Å². The van der Waals surface area contributed by atoms with Crippen LogP contribution < -0.4 is 0 Å². The number of aryl methyl sites for hydroxylation is 2. The highest BCUT2D eigenvalue weighted by Gasteiger charge is 2.31. The summed E-state index contributed by atoms with van der Waals surface area (Å²) in [5.74, 6) is 0.674. The molecule has 5 heteroatoms. The fourth-order valence-corrected chi connectivity index (χ4v) is 3.99. The Labute approximate surface area is 165 Å². The third-order valence-electron chi connectivity index (χ3n) is 5.33. The van der Waals surface area contributed by atoms with Crippen LogP contribution >= 0.6 is 0 Å². The van der Waals surface area contributed by atoms with Gasteiger partial charge in [0.2, 0.25) is 0 Å². The van der Waals surface area contributed by atoms with Crippen molar-refractivity contribution >= 4 is 5.91 Å². The van der Waals surface area contributed by atoms with E-state index < -0.39 is 0 Å². The first-order valence-corrected chi connectivity index (χ1v) is 9.99. The predicted octanol–water partition coefficient (Wildman–Crippen LogP) is 4.74. The lowest BCUT2D eigenvalue weighted by Crippen LogP contribution is -2.36.